The number of benzene rings is 1. The summed E-state index contributed by atoms with van der Waals surface area (Å²) >= 11 is 0. The summed E-state index contributed by atoms with van der Waals surface area (Å²) in [5, 5.41) is 2.98. The van der Waals surface area contributed by atoms with E-state index in [9.17, 15) is 9.18 Å². The number of carbonyl (C=O) groups is 1. The summed E-state index contributed by atoms with van der Waals surface area (Å²) in [7, 11) is 0. The molecule has 1 aliphatic rings. The molecule has 1 N–H and O–H groups in total. The fourth-order valence-corrected chi connectivity index (χ4v) is 3.06. The molecule has 2 heterocycles. The molecule has 5 nitrogen and oxygen atoms in total. The Morgan fingerprint density at radius 1 is 1.32 bits per heavy atom. The number of carbonyl (C=O) groups excluding carboxylic acids is 1. The van der Waals surface area contributed by atoms with Crippen LogP contribution in [0.1, 0.15) is 26.2 Å². The third kappa shape index (κ3) is 4.32. The van der Waals surface area contributed by atoms with E-state index in [1.807, 2.05) is 13.0 Å². The Bertz CT molecular complexity index is 720. The maximum Gasteiger partial charge on any atom is 0.224 e. The van der Waals surface area contributed by atoms with Crippen molar-refractivity contribution in [2.75, 3.05) is 24.5 Å². The Morgan fingerprint density at radius 2 is 2.12 bits per heavy atom. The standard InChI is InChI=1S/C19H23FN4O/c1-2-10-22-19(25)15-4-3-12-24(13-15)17-9-11-21-18(23-17)14-5-7-16(20)8-6-14/h5-9,11,15H,2-4,10,12-13H2,1H3,(H,22,25)/t15-/m0/s1. The molecule has 0 aliphatic carbocycles. The summed E-state index contributed by atoms with van der Waals surface area (Å²) in [6, 6.07) is 8.01. The molecule has 0 bridgehead atoms. The number of anilines is 1. The SMILES string of the molecule is CCCNC(=O)[C@H]1CCCN(c2ccnc(-c3ccc(F)cc3)n2)C1. The number of nitrogens with one attached hydrogen (secondary N) is 1. The van der Waals surface area contributed by atoms with Crippen LogP contribution in [-0.2, 0) is 4.79 Å². The first-order valence-corrected chi connectivity index (χ1v) is 8.79. The van der Waals surface area contributed by atoms with E-state index < -0.39 is 0 Å². The van der Waals surface area contributed by atoms with Crippen LogP contribution < -0.4 is 10.2 Å². The molecule has 1 saturated heterocycles. The quantitative estimate of drug-likeness (QED) is 0.907. The summed E-state index contributed by atoms with van der Waals surface area (Å²) in [6.07, 6.45) is 4.51. The zero-order valence-electron chi connectivity index (χ0n) is 14.4. The molecule has 0 spiro atoms. The lowest BCUT2D eigenvalue weighted by Gasteiger charge is -2.33. The van der Waals surface area contributed by atoms with E-state index >= 15 is 0 Å². The van der Waals surface area contributed by atoms with E-state index in [4.69, 9.17) is 0 Å². The van der Waals surface area contributed by atoms with E-state index in [1.54, 1.807) is 18.3 Å². The minimum absolute atomic E-state index is 0.00969. The van der Waals surface area contributed by atoms with Crippen molar-refractivity contribution in [1.29, 1.82) is 0 Å². The fraction of sp³-hybridized carbons (Fsp3) is 0.421. The normalized spacial score (nSPS) is 17.4. The largest absolute Gasteiger partial charge is 0.356 e. The molecule has 25 heavy (non-hydrogen) atoms. The average molecular weight is 342 g/mol. The van der Waals surface area contributed by atoms with Crippen molar-refractivity contribution in [3.63, 3.8) is 0 Å². The highest BCUT2D eigenvalue weighted by Crippen LogP contribution is 2.24. The Kier molecular flexibility index (Phi) is 5.58. The smallest absolute Gasteiger partial charge is 0.224 e. The molecular weight excluding hydrogens is 319 g/mol. The van der Waals surface area contributed by atoms with Gasteiger partial charge in [0.15, 0.2) is 5.82 Å². The summed E-state index contributed by atoms with van der Waals surface area (Å²) < 4.78 is 13.1. The maximum atomic E-state index is 13.1. The van der Waals surface area contributed by atoms with Gasteiger partial charge >= 0.3 is 0 Å². The molecule has 1 fully saturated rings. The molecule has 6 heteroatoms. The Hall–Kier alpha value is -2.50. The molecule has 1 amide bonds. The highest BCUT2D eigenvalue weighted by atomic mass is 19.1. The van der Waals surface area contributed by atoms with Crippen molar-refractivity contribution in [1.82, 2.24) is 15.3 Å². The molecular formula is C19H23FN4O. The molecule has 0 unspecified atom stereocenters. The number of nitrogens with zero attached hydrogens (tertiary/aromatic N) is 3. The lowest BCUT2D eigenvalue weighted by atomic mass is 9.97. The van der Waals surface area contributed by atoms with Gasteiger partial charge in [0.1, 0.15) is 11.6 Å². The molecule has 3 rings (SSSR count). The monoisotopic (exact) mass is 342 g/mol. The molecule has 0 radical (unpaired) electrons. The molecule has 1 aromatic heterocycles. The maximum absolute atomic E-state index is 13.1. The number of hydrogen-bond donors (Lipinski definition) is 1. The zero-order valence-corrected chi connectivity index (χ0v) is 14.4. The fourth-order valence-electron chi connectivity index (χ4n) is 3.06. The molecule has 0 saturated carbocycles. The summed E-state index contributed by atoms with van der Waals surface area (Å²) in [5.74, 6) is 1.21. The van der Waals surface area contributed by atoms with Crippen molar-refractivity contribution < 1.29 is 9.18 Å². The predicted molar refractivity (Wildman–Crippen MR) is 95.7 cm³/mol. The molecule has 1 atom stereocenters. The Morgan fingerprint density at radius 3 is 2.88 bits per heavy atom. The second-order valence-corrected chi connectivity index (χ2v) is 6.32. The van der Waals surface area contributed by atoms with Gasteiger partial charge in [-0.1, -0.05) is 6.92 Å². The van der Waals surface area contributed by atoms with Gasteiger partial charge in [0.2, 0.25) is 5.91 Å². The third-order valence-electron chi connectivity index (χ3n) is 4.41. The number of halogens is 1. The minimum atomic E-state index is -0.281. The second kappa shape index (κ2) is 8.05. The van der Waals surface area contributed by atoms with Crippen LogP contribution in [0, 0.1) is 11.7 Å². The first-order chi connectivity index (χ1) is 12.2. The van der Waals surface area contributed by atoms with Crippen LogP contribution in [0.3, 0.4) is 0 Å². The first-order valence-electron chi connectivity index (χ1n) is 8.79. The molecule has 1 aliphatic heterocycles. The van der Waals surface area contributed by atoms with Crippen LogP contribution in [0.4, 0.5) is 10.2 Å². The van der Waals surface area contributed by atoms with Crippen LogP contribution in [0.2, 0.25) is 0 Å². The van der Waals surface area contributed by atoms with E-state index in [1.165, 1.54) is 12.1 Å². The first kappa shape index (κ1) is 17.3. The van der Waals surface area contributed by atoms with Crippen molar-refractivity contribution in [2.24, 2.45) is 5.92 Å². The zero-order chi connectivity index (χ0) is 17.6. The lowest BCUT2D eigenvalue weighted by Crippen LogP contribution is -2.43. The van der Waals surface area contributed by atoms with Gasteiger partial charge in [0.25, 0.3) is 0 Å². The Balaban J connectivity index is 1.74. The van der Waals surface area contributed by atoms with Gasteiger partial charge in [0, 0.05) is 31.4 Å². The van der Waals surface area contributed by atoms with Gasteiger partial charge in [-0.25, -0.2) is 14.4 Å². The molecule has 132 valence electrons. The highest BCUT2D eigenvalue weighted by Gasteiger charge is 2.26. The second-order valence-electron chi connectivity index (χ2n) is 6.32. The van der Waals surface area contributed by atoms with E-state index in [-0.39, 0.29) is 17.6 Å². The van der Waals surface area contributed by atoms with Crippen LogP contribution >= 0.6 is 0 Å². The van der Waals surface area contributed by atoms with Crippen LogP contribution in [-0.4, -0.2) is 35.5 Å². The number of rotatable bonds is 5. The molecule has 1 aromatic carbocycles. The topological polar surface area (TPSA) is 58.1 Å². The summed E-state index contributed by atoms with van der Waals surface area (Å²) in [5.41, 5.74) is 0.775. The molecule has 2 aromatic rings. The van der Waals surface area contributed by atoms with Gasteiger partial charge in [-0.2, -0.15) is 0 Å². The number of amides is 1. The third-order valence-corrected chi connectivity index (χ3v) is 4.41. The van der Waals surface area contributed by atoms with E-state index in [0.29, 0.717) is 12.4 Å². The van der Waals surface area contributed by atoms with Gasteiger partial charge in [0.05, 0.1) is 5.92 Å². The van der Waals surface area contributed by atoms with Gasteiger partial charge in [-0.05, 0) is 49.6 Å². The summed E-state index contributed by atoms with van der Waals surface area (Å²) in [6.45, 7) is 4.30. The highest BCUT2D eigenvalue weighted by molar-refractivity contribution is 5.79. The number of aromatic nitrogens is 2. The summed E-state index contributed by atoms with van der Waals surface area (Å²) in [4.78, 5) is 23.3. The van der Waals surface area contributed by atoms with Crippen LogP contribution in [0.25, 0.3) is 11.4 Å². The van der Waals surface area contributed by atoms with E-state index in [2.05, 4.69) is 20.2 Å². The lowest BCUT2D eigenvalue weighted by molar-refractivity contribution is -0.125. The average Bonchev–Trinajstić information content (AvgIpc) is 2.67. The van der Waals surface area contributed by atoms with Crippen LogP contribution in [0.5, 0.6) is 0 Å². The number of hydrogen-bond acceptors (Lipinski definition) is 4. The predicted octanol–water partition coefficient (Wildman–Crippen LogP) is 3.03. The van der Waals surface area contributed by atoms with Gasteiger partial charge in [-0.3, -0.25) is 4.79 Å². The number of piperidine rings is 1. The Labute approximate surface area is 147 Å². The van der Waals surface area contributed by atoms with Crippen molar-refractivity contribution in [3.05, 3.63) is 42.3 Å². The minimum Gasteiger partial charge on any atom is -0.356 e. The van der Waals surface area contributed by atoms with Crippen molar-refractivity contribution in [3.8, 4) is 11.4 Å². The van der Waals surface area contributed by atoms with Crippen LogP contribution in [0.15, 0.2) is 36.5 Å². The van der Waals surface area contributed by atoms with Crippen molar-refractivity contribution in [2.45, 2.75) is 26.2 Å². The van der Waals surface area contributed by atoms with Gasteiger partial charge < -0.3 is 10.2 Å². The van der Waals surface area contributed by atoms with Crippen molar-refractivity contribution >= 4 is 11.7 Å². The van der Waals surface area contributed by atoms with E-state index in [0.717, 1.165) is 43.7 Å². The van der Waals surface area contributed by atoms with Gasteiger partial charge in [-0.15, -0.1) is 0 Å².